The van der Waals surface area contributed by atoms with Crippen LogP contribution < -0.4 is 11.1 Å². The van der Waals surface area contributed by atoms with Gasteiger partial charge in [-0.1, -0.05) is 0 Å². The molecule has 1 aromatic rings. The molecule has 7 nitrogen and oxygen atoms in total. The molecule has 1 amide bonds. The van der Waals surface area contributed by atoms with E-state index in [1.807, 2.05) is 0 Å². The van der Waals surface area contributed by atoms with E-state index in [9.17, 15) is 14.9 Å². The molecule has 0 aliphatic carbocycles. The van der Waals surface area contributed by atoms with Gasteiger partial charge < -0.3 is 16.0 Å². The summed E-state index contributed by atoms with van der Waals surface area (Å²) in [6.45, 7) is 1.82. The maximum atomic E-state index is 12.6. The molecule has 1 saturated heterocycles. The van der Waals surface area contributed by atoms with E-state index in [1.165, 1.54) is 18.2 Å². The highest BCUT2D eigenvalue weighted by Gasteiger charge is 2.24. The number of amides is 1. The third-order valence-corrected chi connectivity index (χ3v) is 3.89. The number of rotatable bonds is 3. The fourth-order valence-corrected chi connectivity index (χ4v) is 2.59. The van der Waals surface area contributed by atoms with Crippen molar-refractivity contribution in [3.63, 3.8) is 0 Å². The molecule has 1 aliphatic heterocycles. The number of carbonyl (C=O) groups excluding carboxylic acids is 1. The first-order chi connectivity index (χ1) is 10.0. The second-order valence-corrected chi connectivity index (χ2v) is 5.28. The van der Waals surface area contributed by atoms with Crippen LogP contribution in [-0.2, 0) is 0 Å². The Balaban J connectivity index is 2.21. The van der Waals surface area contributed by atoms with Crippen LogP contribution in [0.15, 0.2) is 18.2 Å². The maximum absolute atomic E-state index is 12.6. The number of benzene rings is 1. The molecule has 21 heavy (non-hydrogen) atoms. The molecule has 1 unspecified atom stereocenters. The molecule has 0 saturated carbocycles. The maximum Gasteiger partial charge on any atom is 0.270 e. The van der Waals surface area contributed by atoms with Crippen LogP contribution in [0.5, 0.6) is 0 Å². The number of nitrogen functional groups attached to an aromatic ring is 1. The summed E-state index contributed by atoms with van der Waals surface area (Å²) in [5, 5.41) is 14.1. The van der Waals surface area contributed by atoms with E-state index in [0.29, 0.717) is 0 Å². The lowest BCUT2D eigenvalue weighted by molar-refractivity contribution is -0.384. The fraction of sp³-hybridized carbons (Fsp3) is 0.500. The van der Waals surface area contributed by atoms with Crippen LogP contribution in [0, 0.1) is 10.1 Å². The second kappa shape index (κ2) is 6.53. The predicted octanol–water partition coefficient (Wildman–Crippen LogP) is 1.39. The van der Waals surface area contributed by atoms with Gasteiger partial charge in [-0.25, -0.2) is 0 Å². The Morgan fingerprint density at radius 3 is 2.90 bits per heavy atom. The average molecular weight is 292 g/mol. The molecule has 1 atom stereocenters. The standard InChI is InChI=1S/C14H20N4O3/c1-17(10-3-2-7-16-8-6-10)14(19)12-9-11(18(20)21)4-5-13(12)15/h4-5,9-10,16H,2-3,6-8,15H2,1H3. The third-order valence-electron chi connectivity index (χ3n) is 3.89. The minimum absolute atomic E-state index is 0.122. The number of hydrogen-bond acceptors (Lipinski definition) is 5. The second-order valence-electron chi connectivity index (χ2n) is 5.28. The van der Waals surface area contributed by atoms with E-state index in [2.05, 4.69) is 5.32 Å². The Morgan fingerprint density at radius 2 is 2.19 bits per heavy atom. The largest absolute Gasteiger partial charge is 0.398 e. The quantitative estimate of drug-likeness (QED) is 0.498. The summed E-state index contributed by atoms with van der Waals surface area (Å²) < 4.78 is 0. The van der Waals surface area contributed by atoms with Gasteiger partial charge in [0.2, 0.25) is 0 Å². The van der Waals surface area contributed by atoms with Gasteiger partial charge in [0, 0.05) is 30.9 Å². The lowest BCUT2D eigenvalue weighted by Crippen LogP contribution is -2.38. The van der Waals surface area contributed by atoms with Crippen molar-refractivity contribution >= 4 is 17.3 Å². The van der Waals surface area contributed by atoms with Crippen molar-refractivity contribution < 1.29 is 9.72 Å². The van der Waals surface area contributed by atoms with Crippen LogP contribution in [0.2, 0.25) is 0 Å². The highest BCUT2D eigenvalue weighted by molar-refractivity contribution is 5.99. The summed E-state index contributed by atoms with van der Waals surface area (Å²) in [5.41, 5.74) is 6.15. The van der Waals surface area contributed by atoms with E-state index in [-0.39, 0.29) is 28.9 Å². The number of nitrogens with zero attached hydrogens (tertiary/aromatic N) is 2. The summed E-state index contributed by atoms with van der Waals surface area (Å²) >= 11 is 0. The lowest BCUT2D eigenvalue weighted by atomic mass is 10.1. The van der Waals surface area contributed by atoms with Gasteiger partial charge in [-0.3, -0.25) is 14.9 Å². The molecule has 0 radical (unpaired) electrons. The summed E-state index contributed by atoms with van der Waals surface area (Å²) in [6.07, 6.45) is 2.80. The predicted molar refractivity (Wildman–Crippen MR) is 80.1 cm³/mol. The SMILES string of the molecule is CN(C(=O)c1cc([N+](=O)[O-])ccc1N)C1CCCNCC1. The molecule has 114 valence electrons. The minimum atomic E-state index is -0.522. The number of nitrogens with one attached hydrogen (secondary N) is 1. The zero-order valence-corrected chi connectivity index (χ0v) is 12.0. The van der Waals surface area contributed by atoms with Crippen LogP contribution >= 0.6 is 0 Å². The van der Waals surface area contributed by atoms with Crippen molar-refractivity contribution in [2.75, 3.05) is 25.9 Å². The third kappa shape index (κ3) is 3.49. The number of nitro benzene ring substituents is 1. The van der Waals surface area contributed by atoms with Crippen molar-refractivity contribution in [3.05, 3.63) is 33.9 Å². The Morgan fingerprint density at radius 1 is 1.43 bits per heavy atom. The highest BCUT2D eigenvalue weighted by Crippen LogP contribution is 2.23. The van der Waals surface area contributed by atoms with E-state index in [1.54, 1.807) is 11.9 Å². The zero-order chi connectivity index (χ0) is 15.4. The minimum Gasteiger partial charge on any atom is -0.398 e. The number of anilines is 1. The average Bonchev–Trinajstić information content (AvgIpc) is 2.75. The van der Waals surface area contributed by atoms with Gasteiger partial charge in [0.05, 0.1) is 10.5 Å². The summed E-state index contributed by atoms with van der Waals surface area (Å²) in [7, 11) is 1.73. The van der Waals surface area contributed by atoms with Crippen LogP contribution in [0.25, 0.3) is 0 Å². The van der Waals surface area contributed by atoms with E-state index in [4.69, 9.17) is 5.73 Å². The molecule has 1 aliphatic rings. The van der Waals surface area contributed by atoms with Crippen molar-refractivity contribution in [1.82, 2.24) is 10.2 Å². The van der Waals surface area contributed by atoms with E-state index in [0.717, 1.165) is 32.4 Å². The number of nitrogens with two attached hydrogens (primary N) is 1. The Hall–Kier alpha value is -2.15. The number of carbonyl (C=O) groups is 1. The van der Waals surface area contributed by atoms with Gasteiger partial charge >= 0.3 is 0 Å². The van der Waals surface area contributed by atoms with Crippen molar-refractivity contribution in [2.24, 2.45) is 0 Å². The lowest BCUT2D eigenvalue weighted by Gasteiger charge is -2.27. The number of non-ortho nitro benzene ring substituents is 1. The molecule has 1 heterocycles. The molecule has 0 spiro atoms. The van der Waals surface area contributed by atoms with Crippen molar-refractivity contribution in [1.29, 1.82) is 0 Å². The molecule has 1 aromatic carbocycles. The smallest absolute Gasteiger partial charge is 0.270 e. The first-order valence-corrected chi connectivity index (χ1v) is 7.02. The van der Waals surface area contributed by atoms with Crippen molar-refractivity contribution in [2.45, 2.75) is 25.3 Å². The first kappa shape index (κ1) is 15.2. The Kier molecular flexibility index (Phi) is 4.74. The van der Waals surface area contributed by atoms with Crippen LogP contribution in [-0.4, -0.2) is 41.9 Å². The topological polar surface area (TPSA) is 102 Å². The zero-order valence-electron chi connectivity index (χ0n) is 12.0. The number of nitro groups is 1. The van der Waals surface area contributed by atoms with Gasteiger partial charge in [0.25, 0.3) is 11.6 Å². The molecule has 1 fully saturated rings. The summed E-state index contributed by atoms with van der Waals surface area (Å²) in [4.78, 5) is 24.5. The summed E-state index contributed by atoms with van der Waals surface area (Å²) in [5.74, 6) is -0.261. The Labute approximate surface area is 123 Å². The molecular weight excluding hydrogens is 272 g/mol. The van der Waals surface area contributed by atoms with Gasteiger partial charge in [-0.2, -0.15) is 0 Å². The Bertz CT molecular complexity index is 539. The fourth-order valence-electron chi connectivity index (χ4n) is 2.59. The molecule has 0 aromatic heterocycles. The summed E-state index contributed by atoms with van der Waals surface area (Å²) in [6, 6.07) is 4.10. The van der Waals surface area contributed by atoms with E-state index >= 15 is 0 Å². The van der Waals surface area contributed by atoms with Crippen LogP contribution in [0.4, 0.5) is 11.4 Å². The van der Waals surface area contributed by atoms with Gasteiger partial charge in [0.15, 0.2) is 0 Å². The molecule has 3 N–H and O–H groups in total. The van der Waals surface area contributed by atoms with Gasteiger partial charge in [0.1, 0.15) is 0 Å². The molecule has 2 rings (SSSR count). The van der Waals surface area contributed by atoms with Crippen molar-refractivity contribution in [3.8, 4) is 0 Å². The molecule has 0 bridgehead atoms. The normalized spacial score (nSPS) is 18.8. The van der Waals surface area contributed by atoms with Crippen LogP contribution in [0.1, 0.15) is 29.6 Å². The molecule has 7 heteroatoms. The monoisotopic (exact) mass is 292 g/mol. The first-order valence-electron chi connectivity index (χ1n) is 7.02. The molecular formula is C14H20N4O3. The van der Waals surface area contributed by atoms with E-state index < -0.39 is 4.92 Å². The number of hydrogen-bond donors (Lipinski definition) is 2. The van der Waals surface area contributed by atoms with Crippen LogP contribution in [0.3, 0.4) is 0 Å². The van der Waals surface area contributed by atoms with Gasteiger partial charge in [-0.05, 0) is 38.4 Å². The van der Waals surface area contributed by atoms with Gasteiger partial charge in [-0.15, -0.1) is 0 Å². The highest BCUT2D eigenvalue weighted by atomic mass is 16.6.